The van der Waals surface area contributed by atoms with E-state index in [2.05, 4.69) is 57.6 Å². The summed E-state index contributed by atoms with van der Waals surface area (Å²) in [6.45, 7) is 7.73. The molecule has 1 fully saturated rings. The van der Waals surface area contributed by atoms with E-state index >= 15 is 0 Å². The molecule has 0 bridgehead atoms. The number of rotatable bonds is 6. The largest absolute Gasteiger partial charge is 0.326 e. The van der Waals surface area contributed by atoms with Gasteiger partial charge in [0.25, 0.3) is 0 Å². The molecule has 1 aliphatic heterocycles. The summed E-state index contributed by atoms with van der Waals surface area (Å²) < 4.78 is 0. The van der Waals surface area contributed by atoms with Crippen LogP contribution in [0.2, 0.25) is 5.02 Å². The Morgan fingerprint density at radius 3 is 2.42 bits per heavy atom. The third kappa shape index (κ3) is 5.98. The van der Waals surface area contributed by atoms with Gasteiger partial charge in [0.15, 0.2) is 0 Å². The molecule has 4 rings (SSSR count). The van der Waals surface area contributed by atoms with E-state index < -0.39 is 0 Å². The third-order valence-electron chi connectivity index (χ3n) is 5.94. The highest BCUT2D eigenvalue weighted by Gasteiger charge is 2.18. The minimum absolute atomic E-state index is 0. The average Bonchev–Trinajstić information content (AvgIpc) is 2.77. The number of hydrogen-bond acceptors (Lipinski definition) is 3. The van der Waals surface area contributed by atoms with Crippen molar-refractivity contribution in [1.82, 2.24) is 9.80 Å². The Kier molecular flexibility index (Phi) is 8.33. The Morgan fingerprint density at radius 2 is 1.61 bits per heavy atom. The van der Waals surface area contributed by atoms with Gasteiger partial charge in [0.2, 0.25) is 5.91 Å². The molecule has 1 aliphatic rings. The number of nitrogens with zero attached hydrogens (tertiary/aromatic N) is 2. The van der Waals surface area contributed by atoms with Crippen molar-refractivity contribution in [3.05, 3.63) is 76.8 Å². The van der Waals surface area contributed by atoms with Gasteiger partial charge < -0.3 is 10.2 Å². The van der Waals surface area contributed by atoms with Crippen LogP contribution in [0.4, 0.5) is 5.69 Å². The number of piperazine rings is 1. The molecular weight excluding hydrogens is 429 g/mol. The molecule has 0 atom stereocenters. The van der Waals surface area contributed by atoms with Gasteiger partial charge in [0.1, 0.15) is 0 Å². The lowest BCUT2D eigenvalue weighted by Gasteiger charge is -2.34. The summed E-state index contributed by atoms with van der Waals surface area (Å²) in [5.74, 6) is 0.0403. The molecule has 1 amide bonds. The Bertz CT molecular complexity index is 1030. The second-order valence-corrected chi connectivity index (χ2v) is 8.37. The van der Waals surface area contributed by atoms with Gasteiger partial charge in [0, 0.05) is 56.4 Å². The Labute approximate surface area is 195 Å². The van der Waals surface area contributed by atoms with Crippen molar-refractivity contribution in [2.24, 2.45) is 0 Å². The molecule has 0 saturated carbocycles. The summed E-state index contributed by atoms with van der Waals surface area (Å²) in [5.41, 5.74) is 3.10. The number of halogens is 2. The molecule has 0 aliphatic carbocycles. The summed E-state index contributed by atoms with van der Waals surface area (Å²) in [7, 11) is 0. The molecule has 0 radical (unpaired) electrons. The van der Waals surface area contributed by atoms with Crippen LogP contribution in [-0.4, -0.2) is 48.4 Å². The fourth-order valence-electron chi connectivity index (χ4n) is 4.06. The highest BCUT2D eigenvalue weighted by atomic mass is 35.5. The third-order valence-corrected chi connectivity index (χ3v) is 6.35. The van der Waals surface area contributed by atoms with E-state index in [1.807, 2.05) is 25.1 Å². The zero-order valence-electron chi connectivity index (χ0n) is 17.8. The quantitative estimate of drug-likeness (QED) is 0.540. The molecular formula is C25H29Cl2N3O. The molecule has 4 nitrogen and oxygen atoms in total. The highest BCUT2D eigenvalue weighted by Crippen LogP contribution is 2.23. The Balaban J connectivity index is 0.00000272. The minimum Gasteiger partial charge on any atom is -0.326 e. The van der Waals surface area contributed by atoms with Crippen molar-refractivity contribution >= 4 is 46.4 Å². The van der Waals surface area contributed by atoms with Crippen LogP contribution in [0.25, 0.3) is 10.8 Å². The number of hydrogen-bond donors (Lipinski definition) is 1. The SMILES string of the molecule is Cc1c(Cl)cccc1NC(=O)CCN1CCN(Cc2cccc3ccccc23)CC1.Cl. The van der Waals surface area contributed by atoms with Crippen molar-refractivity contribution < 1.29 is 4.79 Å². The maximum atomic E-state index is 12.4. The van der Waals surface area contributed by atoms with Crippen molar-refractivity contribution in [3.63, 3.8) is 0 Å². The van der Waals surface area contributed by atoms with Crippen LogP contribution < -0.4 is 5.32 Å². The second kappa shape index (κ2) is 11.0. The first-order chi connectivity index (χ1) is 14.6. The first-order valence-corrected chi connectivity index (χ1v) is 10.9. The van der Waals surface area contributed by atoms with Crippen LogP contribution in [0.15, 0.2) is 60.7 Å². The van der Waals surface area contributed by atoms with Gasteiger partial charge in [-0.15, -0.1) is 12.4 Å². The van der Waals surface area contributed by atoms with Crippen LogP contribution >= 0.6 is 24.0 Å². The molecule has 1 saturated heterocycles. The monoisotopic (exact) mass is 457 g/mol. The second-order valence-electron chi connectivity index (χ2n) is 7.97. The van der Waals surface area contributed by atoms with E-state index in [0.29, 0.717) is 11.4 Å². The van der Waals surface area contributed by atoms with Gasteiger partial charge in [-0.05, 0) is 41.0 Å². The molecule has 1 heterocycles. The van der Waals surface area contributed by atoms with Crippen molar-refractivity contribution in [2.75, 3.05) is 38.0 Å². The number of anilines is 1. The summed E-state index contributed by atoms with van der Waals surface area (Å²) in [5, 5.41) is 6.31. The molecule has 3 aromatic rings. The normalized spacial score (nSPS) is 14.9. The van der Waals surface area contributed by atoms with Crippen LogP contribution in [0.1, 0.15) is 17.5 Å². The molecule has 31 heavy (non-hydrogen) atoms. The standard InChI is InChI=1S/C25H28ClN3O.ClH/c1-19-23(26)10-5-11-24(19)27-25(30)12-13-28-14-16-29(17-15-28)18-21-8-4-7-20-6-2-3-9-22(20)21;/h2-11H,12-18H2,1H3,(H,27,30);1H. The molecule has 0 aromatic heterocycles. The van der Waals surface area contributed by atoms with E-state index in [0.717, 1.165) is 50.5 Å². The predicted molar refractivity (Wildman–Crippen MR) is 132 cm³/mol. The van der Waals surface area contributed by atoms with Crippen molar-refractivity contribution in [3.8, 4) is 0 Å². The zero-order valence-corrected chi connectivity index (χ0v) is 19.4. The van der Waals surface area contributed by atoms with Crippen LogP contribution in [0, 0.1) is 6.92 Å². The highest BCUT2D eigenvalue weighted by molar-refractivity contribution is 6.31. The fraction of sp³-hybridized carbons (Fsp3) is 0.320. The van der Waals surface area contributed by atoms with Gasteiger partial charge in [0.05, 0.1) is 0 Å². The number of carbonyl (C=O) groups is 1. The fourth-order valence-corrected chi connectivity index (χ4v) is 4.23. The molecule has 164 valence electrons. The summed E-state index contributed by atoms with van der Waals surface area (Å²) >= 11 is 6.14. The first kappa shape index (κ1) is 23.6. The zero-order chi connectivity index (χ0) is 20.9. The maximum absolute atomic E-state index is 12.4. The number of amides is 1. The number of carbonyl (C=O) groups excluding carboxylic acids is 1. The molecule has 1 N–H and O–H groups in total. The van der Waals surface area contributed by atoms with Gasteiger partial charge in [-0.2, -0.15) is 0 Å². The van der Waals surface area contributed by atoms with Crippen molar-refractivity contribution in [1.29, 1.82) is 0 Å². The van der Waals surface area contributed by atoms with Crippen LogP contribution in [0.5, 0.6) is 0 Å². The first-order valence-electron chi connectivity index (χ1n) is 10.6. The minimum atomic E-state index is 0. The summed E-state index contributed by atoms with van der Waals surface area (Å²) in [6.07, 6.45) is 0.495. The maximum Gasteiger partial charge on any atom is 0.225 e. The van der Waals surface area contributed by atoms with Crippen LogP contribution in [-0.2, 0) is 11.3 Å². The van der Waals surface area contributed by atoms with Gasteiger partial charge in [-0.3, -0.25) is 9.69 Å². The lowest BCUT2D eigenvalue weighted by atomic mass is 10.0. The summed E-state index contributed by atoms with van der Waals surface area (Å²) in [4.78, 5) is 17.2. The van der Waals surface area contributed by atoms with E-state index in [9.17, 15) is 4.79 Å². The van der Waals surface area contributed by atoms with Gasteiger partial charge >= 0.3 is 0 Å². The summed E-state index contributed by atoms with van der Waals surface area (Å²) in [6, 6.07) is 20.7. The molecule has 0 unspecified atom stereocenters. The van der Waals surface area contributed by atoms with Gasteiger partial charge in [-0.25, -0.2) is 0 Å². The topological polar surface area (TPSA) is 35.6 Å². The number of benzene rings is 3. The smallest absolute Gasteiger partial charge is 0.225 e. The van der Waals surface area contributed by atoms with E-state index in [1.165, 1.54) is 16.3 Å². The van der Waals surface area contributed by atoms with Crippen molar-refractivity contribution in [2.45, 2.75) is 19.9 Å². The Morgan fingerprint density at radius 1 is 0.935 bits per heavy atom. The lowest BCUT2D eigenvalue weighted by molar-refractivity contribution is -0.116. The Hall–Kier alpha value is -2.11. The average molecular weight is 458 g/mol. The van der Waals surface area contributed by atoms with E-state index in [4.69, 9.17) is 11.6 Å². The number of nitrogens with one attached hydrogen (secondary N) is 1. The predicted octanol–water partition coefficient (Wildman–Crippen LogP) is 5.37. The van der Waals surface area contributed by atoms with Crippen LogP contribution in [0.3, 0.4) is 0 Å². The molecule has 6 heteroatoms. The molecule has 0 spiro atoms. The lowest BCUT2D eigenvalue weighted by Crippen LogP contribution is -2.46. The van der Waals surface area contributed by atoms with E-state index in [-0.39, 0.29) is 18.3 Å². The molecule has 3 aromatic carbocycles. The van der Waals surface area contributed by atoms with E-state index in [1.54, 1.807) is 0 Å². The number of fused-ring (bicyclic) bond motifs is 1. The van der Waals surface area contributed by atoms with Gasteiger partial charge in [-0.1, -0.05) is 60.1 Å².